The molecule has 0 unspecified atom stereocenters. The number of hydrogen-bond acceptors (Lipinski definition) is 7. The molecule has 0 saturated carbocycles. The van der Waals surface area contributed by atoms with Crippen molar-refractivity contribution in [3.63, 3.8) is 0 Å². The summed E-state index contributed by atoms with van der Waals surface area (Å²) in [5.74, 6) is 0.317. The smallest absolute Gasteiger partial charge is 0.273 e. The van der Waals surface area contributed by atoms with Crippen LogP contribution >= 0.6 is 0 Å². The maximum atomic E-state index is 13.8. The Kier molecular flexibility index (Phi) is 8.37. The van der Waals surface area contributed by atoms with Gasteiger partial charge >= 0.3 is 0 Å². The third-order valence-corrected chi connectivity index (χ3v) is 7.84. The van der Waals surface area contributed by atoms with Gasteiger partial charge in [0.25, 0.3) is 17.5 Å². The number of rotatable bonds is 7. The summed E-state index contributed by atoms with van der Waals surface area (Å²) in [5, 5.41) is 14.2. The maximum Gasteiger partial charge on any atom is 0.273 e. The molecule has 2 saturated heterocycles. The molecule has 0 radical (unpaired) electrons. The van der Waals surface area contributed by atoms with E-state index >= 15 is 0 Å². The minimum Gasteiger partial charge on any atom is -0.495 e. The van der Waals surface area contributed by atoms with E-state index in [9.17, 15) is 19.7 Å². The number of methoxy groups -OCH3 is 1. The van der Waals surface area contributed by atoms with Crippen molar-refractivity contribution in [2.45, 2.75) is 26.2 Å². The fraction of sp³-hybridized carbons (Fsp3) is 0.355. The molecular weight excluding hydrogens is 522 g/mol. The molecule has 2 aliphatic rings. The fourth-order valence-corrected chi connectivity index (χ4v) is 5.56. The molecule has 3 aromatic rings. The minimum absolute atomic E-state index is 0.0473. The molecule has 2 heterocycles. The Labute approximate surface area is 239 Å². The first-order valence-electron chi connectivity index (χ1n) is 14.0. The number of carbonyl (C=O) groups is 2. The second-order valence-corrected chi connectivity index (χ2v) is 10.4. The highest BCUT2D eigenvalue weighted by molar-refractivity contribution is 6.06. The number of aryl methyl sites for hydroxylation is 1. The summed E-state index contributed by atoms with van der Waals surface area (Å²) in [5.41, 5.74) is 3.46. The van der Waals surface area contributed by atoms with E-state index in [2.05, 4.69) is 21.2 Å². The van der Waals surface area contributed by atoms with Crippen molar-refractivity contribution in [1.82, 2.24) is 4.90 Å². The predicted octanol–water partition coefficient (Wildman–Crippen LogP) is 5.12. The molecule has 1 N–H and O–H groups in total. The number of carbonyl (C=O) groups excluding carboxylic acids is 2. The van der Waals surface area contributed by atoms with Crippen LogP contribution in [0, 0.1) is 17.0 Å². The van der Waals surface area contributed by atoms with Crippen molar-refractivity contribution in [1.29, 1.82) is 0 Å². The Hall–Kier alpha value is -4.60. The number of nitro benzene ring substituents is 1. The zero-order chi connectivity index (χ0) is 28.9. The van der Waals surface area contributed by atoms with E-state index in [0.29, 0.717) is 29.9 Å². The second-order valence-electron chi connectivity index (χ2n) is 10.4. The van der Waals surface area contributed by atoms with Crippen LogP contribution in [-0.2, 0) is 0 Å². The van der Waals surface area contributed by atoms with Gasteiger partial charge in [-0.1, -0.05) is 18.2 Å². The Morgan fingerprint density at radius 1 is 0.854 bits per heavy atom. The topological polar surface area (TPSA) is 108 Å². The second kappa shape index (κ2) is 12.3. The van der Waals surface area contributed by atoms with Crippen molar-refractivity contribution < 1.29 is 19.2 Å². The van der Waals surface area contributed by atoms with Crippen LogP contribution in [0.2, 0.25) is 0 Å². The van der Waals surface area contributed by atoms with E-state index in [-0.39, 0.29) is 17.2 Å². The first-order chi connectivity index (χ1) is 19.9. The van der Waals surface area contributed by atoms with Gasteiger partial charge in [-0.05, 0) is 62.6 Å². The lowest BCUT2D eigenvalue weighted by Crippen LogP contribution is -2.47. The summed E-state index contributed by atoms with van der Waals surface area (Å²) in [4.78, 5) is 44.1. The summed E-state index contributed by atoms with van der Waals surface area (Å²) in [6, 6.07) is 17.8. The van der Waals surface area contributed by atoms with Crippen molar-refractivity contribution >= 4 is 34.6 Å². The standard InChI is InChI=1S/C31H35N5O5/c1-22-10-11-23(20-28(22)36(39)40)30(37)32-24-12-13-26(25(21-24)31(38)35-14-6-3-7-15-35)33-16-18-34(19-17-33)27-8-4-5-9-29(27)41-2/h4-5,8-13,20-21H,3,6-7,14-19H2,1-2H3,(H,32,37). The van der Waals surface area contributed by atoms with Crippen LogP contribution in [0.25, 0.3) is 0 Å². The van der Waals surface area contributed by atoms with Gasteiger partial charge in [0.1, 0.15) is 5.75 Å². The zero-order valence-corrected chi connectivity index (χ0v) is 23.5. The molecule has 0 atom stereocenters. The molecule has 10 nitrogen and oxygen atoms in total. The van der Waals surface area contributed by atoms with Gasteiger partial charge in [0, 0.05) is 67.8 Å². The van der Waals surface area contributed by atoms with Gasteiger partial charge in [0.15, 0.2) is 0 Å². The quantitative estimate of drug-likeness (QED) is 0.317. The highest BCUT2D eigenvalue weighted by Gasteiger charge is 2.27. The average Bonchev–Trinajstić information content (AvgIpc) is 3.01. The number of nitrogens with zero attached hydrogens (tertiary/aromatic N) is 4. The van der Waals surface area contributed by atoms with E-state index in [1.165, 1.54) is 6.07 Å². The number of amides is 2. The number of benzene rings is 3. The first kappa shape index (κ1) is 27.9. The Balaban J connectivity index is 1.39. The number of para-hydroxylation sites is 2. The highest BCUT2D eigenvalue weighted by atomic mass is 16.6. The van der Waals surface area contributed by atoms with E-state index in [1.54, 1.807) is 38.3 Å². The molecule has 2 aliphatic heterocycles. The monoisotopic (exact) mass is 557 g/mol. The summed E-state index contributed by atoms with van der Waals surface area (Å²) in [6.45, 7) is 6.03. The van der Waals surface area contributed by atoms with E-state index < -0.39 is 10.8 Å². The normalized spacial score (nSPS) is 15.4. The lowest BCUT2D eigenvalue weighted by Gasteiger charge is -2.39. The summed E-state index contributed by atoms with van der Waals surface area (Å²) >= 11 is 0. The summed E-state index contributed by atoms with van der Waals surface area (Å²) in [7, 11) is 1.67. The third-order valence-electron chi connectivity index (χ3n) is 7.84. The van der Waals surface area contributed by atoms with Gasteiger partial charge < -0.3 is 24.8 Å². The van der Waals surface area contributed by atoms with Crippen molar-refractivity contribution in [2.24, 2.45) is 0 Å². The van der Waals surface area contributed by atoms with Crippen molar-refractivity contribution in [2.75, 3.05) is 61.5 Å². The Bertz CT molecular complexity index is 1440. The average molecular weight is 558 g/mol. The van der Waals surface area contributed by atoms with Crippen molar-refractivity contribution in [3.05, 3.63) is 87.5 Å². The van der Waals surface area contributed by atoms with Gasteiger partial charge in [-0.3, -0.25) is 19.7 Å². The van der Waals surface area contributed by atoms with Gasteiger partial charge in [0.2, 0.25) is 0 Å². The van der Waals surface area contributed by atoms with E-state index in [0.717, 1.165) is 62.6 Å². The lowest BCUT2D eigenvalue weighted by molar-refractivity contribution is -0.385. The van der Waals surface area contributed by atoms with Crippen LogP contribution in [0.15, 0.2) is 60.7 Å². The van der Waals surface area contributed by atoms with Gasteiger partial charge in [0.05, 0.1) is 23.3 Å². The number of ether oxygens (including phenoxy) is 1. The van der Waals surface area contributed by atoms with E-state index in [1.807, 2.05) is 29.2 Å². The molecule has 41 heavy (non-hydrogen) atoms. The lowest BCUT2D eigenvalue weighted by atomic mass is 10.0. The van der Waals surface area contributed by atoms with Crippen LogP contribution in [0.4, 0.5) is 22.7 Å². The Morgan fingerprint density at radius 2 is 1.54 bits per heavy atom. The van der Waals surface area contributed by atoms with Crippen molar-refractivity contribution in [3.8, 4) is 5.75 Å². The number of hydrogen-bond donors (Lipinski definition) is 1. The maximum absolute atomic E-state index is 13.8. The fourth-order valence-electron chi connectivity index (χ4n) is 5.56. The van der Waals surface area contributed by atoms with Crippen LogP contribution in [0.1, 0.15) is 45.5 Å². The summed E-state index contributed by atoms with van der Waals surface area (Å²) in [6.07, 6.45) is 3.06. The molecule has 10 heteroatoms. The molecule has 3 aromatic carbocycles. The number of nitrogens with one attached hydrogen (secondary N) is 1. The SMILES string of the molecule is COc1ccccc1N1CCN(c2ccc(NC(=O)c3ccc(C)c([N+](=O)[O-])c3)cc2C(=O)N2CCCCC2)CC1. The highest BCUT2D eigenvalue weighted by Crippen LogP contribution is 2.32. The largest absolute Gasteiger partial charge is 0.495 e. The molecule has 2 fully saturated rings. The van der Waals surface area contributed by atoms with Crippen LogP contribution in [-0.4, -0.2) is 68.0 Å². The number of piperazine rings is 1. The number of likely N-dealkylation sites (tertiary alicyclic amines) is 1. The molecule has 0 aliphatic carbocycles. The number of piperidine rings is 1. The van der Waals surface area contributed by atoms with Gasteiger partial charge in [-0.2, -0.15) is 0 Å². The van der Waals surface area contributed by atoms with Gasteiger partial charge in [-0.15, -0.1) is 0 Å². The molecule has 0 aromatic heterocycles. The van der Waals surface area contributed by atoms with Crippen LogP contribution in [0.5, 0.6) is 5.75 Å². The van der Waals surface area contributed by atoms with E-state index in [4.69, 9.17) is 4.74 Å². The zero-order valence-electron chi connectivity index (χ0n) is 23.5. The Morgan fingerprint density at radius 3 is 2.22 bits per heavy atom. The molecule has 214 valence electrons. The molecule has 0 spiro atoms. The van der Waals surface area contributed by atoms with Gasteiger partial charge in [-0.25, -0.2) is 0 Å². The first-order valence-corrected chi connectivity index (χ1v) is 14.0. The minimum atomic E-state index is -0.496. The number of anilines is 3. The van der Waals surface area contributed by atoms with Crippen LogP contribution < -0.4 is 19.9 Å². The van der Waals surface area contributed by atoms with Crippen LogP contribution in [0.3, 0.4) is 0 Å². The predicted molar refractivity (Wildman–Crippen MR) is 159 cm³/mol. The molecule has 5 rings (SSSR count). The molecule has 0 bridgehead atoms. The third kappa shape index (κ3) is 6.11. The molecule has 2 amide bonds. The number of nitro groups is 1. The molecular formula is C31H35N5O5. The summed E-state index contributed by atoms with van der Waals surface area (Å²) < 4.78 is 5.56.